The summed E-state index contributed by atoms with van der Waals surface area (Å²) in [6, 6.07) is 22.3. The molecule has 0 spiro atoms. The summed E-state index contributed by atoms with van der Waals surface area (Å²) in [5, 5.41) is 2.60. The van der Waals surface area contributed by atoms with Gasteiger partial charge in [0.05, 0.1) is 0 Å². The summed E-state index contributed by atoms with van der Waals surface area (Å²) in [5.41, 5.74) is 5.05. The molecule has 0 saturated heterocycles. The van der Waals surface area contributed by atoms with Crippen molar-refractivity contribution in [1.29, 1.82) is 0 Å². The van der Waals surface area contributed by atoms with Crippen LogP contribution in [0.1, 0.15) is 87.5 Å². The maximum Gasteiger partial charge on any atom is 0.0255 e. The van der Waals surface area contributed by atoms with Crippen molar-refractivity contribution >= 4 is 10.8 Å². The van der Waals surface area contributed by atoms with Gasteiger partial charge in [0.15, 0.2) is 0 Å². The average molecular weight is 397 g/mol. The van der Waals surface area contributed by atoms with Crippen LogP contribution in [0, 0.1) is 11.8 Å². The lowest BCUT2D eigenvalue weighted by atomic mass is 10.0. The highest BCUT2D eigenvalue weighted by Crippen LogP contribution is 2.19. The molecule has 3 aromatic rings. The zero-order valence-corrected chi connectivity index (χ0v) is 18.8. The number of rotatable bonds is 10. The number of hydrogen-bond donors (Lipinski definition) is 0. The minimum Gasteiger partial charge on any atom is -0.0654 e. The zero-order valence-electron chi connectivity index (χ0n) is 18.8. The Kier molecular flexibility index (Phi) is 9.04. The average Bonchev–Trinajstić information content (AvgIpc) is 2.79. The zero-order chi connectivity index (χ0) is 21.0. The number of fused-ring (bicyclic) bond motifs is 1. The Morgan fingerprint density at radius 1 is 0.500 bits per heavy atom. The summed E-state index contributed by atoms with van der Waals surface area (Å²) < 4.78 is 0. The van der Waals surface area contributed by atoms with Crippen LogP contribution in [0.5, 0.6) is 0 Å². The monoisotopic (exact) mass is 396 g/mol. The van der Waals surface area contributed by atoms with Crippen LogP contribution in [0.4, 0.5) is 0 Å². The van der Waals surface area contributed by atoms with E-state index in [0.717, 1.165) is 11.1 Å². The van der Waals surface area contributed by atoms with Crippen LogP contribution in [0.25, 0.3) is 10.8 Å². The van der Waals surface area contributed by atoms with Crippen LogP contribution in [0.2, 0.25) is 0 Å². The molecule has 0 aliphatic heterocycles. The van der Waals surface area contributed by atoms with E-state index in [-0.39, 0.29) is 0 Å². The first-order chi connectivity index (χ1) is 14.8. The number of hydrogen-bond acceptors (Lipinski definition) is 0. The van der Waals surface area contributed by atoms with E-state index in [1.54, 1.807) is 0 Å². The third-order valence-corrected chi connectivity index (χ3v) is 5.85. The molecule has 0 saturated carbocycles. The van der Waals surface area contributed by atoms with E-state index < -0.39 is 0 Å². The molecule has 0 fully saturated rings. The van der Waals surface area contributed by atoms with Gasteiger partial charge in [-0.3, -0.25) is 0 Å². The second kappa shape index (κ2) is 12.2. The second-order valence-corrected chi connectivity index (χ2v) is 8.46. The van der Waals surface area contributed by atoms with Crippen molar-refractivity contribution in [2.75, 3.05) is 0 Å². The summed E-state index contributed by atoms with van der Waals surface area (Å²) in [6.07, 6.45) is 12.9. The molecule has 3 rings (SSSR count). The van der Waals surface area contributed by atoms with Crippen molar-refractivity contribution in [2.45, 2.75) is 78.1 Å². The quantitative estimate of drug-likeness (QED) is 0.238. The van der Waals surface area contributed by atoms with Crippen LogP contribution in [-0.2, 0) is 12.8 Å². The maximum absolute atomic E-state index is 3.35. The van der Waals surface area contributed by atoms with Crippen LogP contribution in [0.15, 0.2) is 60.7 Å². The van der Waals surface area contributed by atoms with Crippen LogP contribution in [-0.4, -0.2) is 0 Å². The SMILES string of the molecule is CCCCCCc1ccc(C#Cc2ccc3cc(CCCCCC)ccc3c2)cc1. The minimum absolute atomic E-state index is 1.09. The summed E-state index contributed by atoms with van der Waals surface area (Å²) in [5.74, 6) is 6.68. The molecule has 0 heteroatoms. The van der Waals surface area contributed by atoms with Gasteiger partial charge < -0.3 is 0 Å². The molecule has 0 unspecified atom stereocenters. The molecule has 0 bridgehead atoms. The summed E-state index contributed by atoms with van der Waals surface area (Å²) in [4.78, 5) is 0. The Bertz CT molecular complexity index is 966. The molecule has 0 aromatic heterocycles. The molecule has 0 nitrogen and oxygen atoms in total. The van der Waals surface area contributed by atoms with Crippen molar-refractivity contribution in [1.82, 2.24) is 0 Å². The summed E-state index contributed by atoms with van der Waals surface area (Å²) >= 11 is 0. The van der Waals surface area contributed by atoms with E-state index in [1.165, 1.54) is 86.1 Å². The fourth-order valence-corrected chi connectivity index (χ4v) is 3.94. The standard InChI is InChI=1S/C30H36/c1-3-5-7-9-11-25-13-15-26(16-14-25)17-18-28-20-22-29-23-27(12-10-8-6-4-2)19-21-30(29)24-28/h13-16,19-24H,3-12H2,1-2H3. The van der Waals surface area contributed by atoms with Gasteiger partial charge >= 0.3 is 0 Å². The first kappa shape index (κ1) is 22.2. The van der Waals surface area contributed by atoms with Gasteiger partial charge in [-0.25, -0.2) is 0 Å². The summed E-state index contributed by atoms with van der Waals surface area (Å²) in [6.45, 7) is 4.52. The normalized spacial score (nSPS) is 10.7. The van der Waals surface area contributed by atoms with Gasteiger partial charge in [0, 0.05) is 11.1 Å². The van der Waals surface area contributed by atoms with Crippen molar-refractivity contribution < 1.29 is 0 Å². The Hall–Kier alpha value is -2.52. The van der Waals surface area contributed by atoms with E-state index >= 15 is 0 Å². The molecular weight excluding hydrogens is 360 g/mol. The van der Waals surface area contributed by atoms with E-state index in [0.29, 0.717) is 0 Å². The topological polar surface area (TPSA) is 0 Å². The smallest absolute Gasteiger partial charge is 0.0255 e. The number of aryl methyl sites for hydroxylation is 2. The van der Waals surface area contributed by atoms with Gasteiger partial charge in [0.2, 0.25) is 0 Å². The first-order valence-electron chi connectivity index (χ1n) is 11.9. The molecule has 156 valence electrons. The predicted molar refractivity (Wildman–Crippen MR) is 132 cm³/mol. The van der Waals surface area contributed by atoms with Crippen molar-refractivity contribution in [3.05, 3.63) is 82.9 Å². The number of unbranched alkanes of at least 4 members (excludes halogenated alkanes) is 6. The van der Waals surface area contributed by atoms with Gasteiger partial charge in [0.1, 0.15) is 0 Å². The third-order valence-electron chi connectivity index (χ3n) is 5.85. The Balaban J connectivity index is 1.60. The van der Waals surface area contributed by atoms with Crippen LogP contribution < -0.4 is 0 Å². The lowest BCUT2D eigenvalue weighted by Gasteiger charge is -2.04. The van der Waals surface area contributed by atoms with E-state index in [1.807, 2.05) is 0 Å². The fourth-order valence-electron chi connectivity index (χ4n) is 3.94. The van der Waals surface area contributed by atoms with E-state index in [4.69, 9.17) is 0 Å². The first-order valence-corrected chi connectivity index (χ1v) is 11.9. The molecule has 0 N–H and O–H groups in total. The molecule has 0 amide bonds. The van der Waals surface area contributed by atoms with Gasteiger partial charge in [-0.1, -0.05) is 101 Å². The molecule has 3 aromatic carbocycles. The molecule has 30 heavy (non-hydrogen) atoms. The van der Waals surface area contributed by atoms with Gasteiger partial charge in [-0.2, -0.15) is 0 Å². The van der Waals surface area contributed by atoms with Crippen molar-refractivity contribution in [3.63, 3.8) is 0 Å². The Morgan fingerprint density at radius 3 is 1.73 bits per heavy atom. The molecule has 0 aliphatic carbocycles. The Labute approximate surface area is 183 Å². The van der Waals surface area contributed by atoms with E-state index in [9.17, 15) is 0 Å². The molecule has 0 aliphatic rings. The predicted octanol–water partition coefficient (Wildman–Crippen LogP) is 8.49. The molecule has 0 radical (unpaired) electrons. The largest absolute Gasteiger partial charge is 0.0654 e. The lowest BCUT2D eigenvalue weighted by molar-refractivity contribution is 0.667. The highest BCUT2D eigenvalue weighted by molar-refractivity contribution is 5.84. The van der Waals surface area contributed by atoms with Crippen molar-refractivity contribution in [2.24, 2.45) is 0 Å². The van der Waals surface area contributed by atoms with Gasteiger partial charge in [-0.05, 0) is 71.8 Å². The highest BCUT2D eigenvalue weighted by atomic mass is 14.0. The molecular formula is C30H36. The van der Waals surface area contributed by atoms with E-state index in [2.05, 4.69) is 86.4 Å². The van der Waals surface area contributed by atoms with Gasteiger partial charge in [-0.15, -0.1) is 0 Å². The fraction of sp³-hybridized carbons (Fsp3) is 0.400. The van der Waals surface area contributed by atoms with Crippen LogP contribution in [0.3, 0.4) is 0 Å². The van der Waals surface area contributed by atoms with Gasteiger partial charge in [0.25, 0.3) is 0 Å². The molecule has 0 atom stereocenters. The van der Waals surface area contributed by atoms with Crippen LogP contribution >= 0.6 is 0 Å². The minimum atomic E-state index is 1.09. The second-order valence-electron chi connectivity index (χ2n) is 8.46. The van der Waals surface area contributed by atoms with Crippen molar-refractivity contribution in [3.8, 4) is 11.8 Å². The number of benzene rings is 3. The maximum atomic E-state index is 3.35. The summed E-state index contributed by atoms with van der Waals surface area (Å²) in [7, 11) is 0. The lowest BCUT2D eigenvalue weighted by Crippen LogP contribution is -1.87. The Morgan fingerprint density at radius 2 is 1.03 bits per heavy atom. The molecule has 0 heterocycles. The highest BCUT2D eigenvalue weighted by Gasteiger charge is 1.99. The third kappa shape index (κ3) is 7.07.